The Morgan fingerprint density at radius 1 is 1.40 bits per heavy atom. The first-order chi connectivity index (χ1) is 14.6. The van der Waals surface area contributed by atoms with Gasteiger partial charge in [0.05, 0.1) is 18.2 Å². The molecule has 1 amide bonds. The van der Waals surface area contributed by atoms with Crippen molar-refractivity contribution in [3.63, 3.8) is 0 Å². The van der Waals surface area contributed by atoms with Crippen molar-refractivity contribution in [2.24, 2.45) is 5.10 Å². The number of phenolic OH excluding ortho intramolecular Hbond substituents is 1. The van der Waals surface area contributed by atoms with Crippen LogP contribution < -0.4 is 15.9 Å². The van der Waals surface area contributed by atoms with Gasteiger partial charge in [-0.2, -0.15) is 9.78 Å². The van der Waals surface area contributed by atoms with Gasteiger partial charge in [0, 0.05) is 0 Å². The lowest BCUT2D eigenvalue weighted by Crippen LogP contribution is -2.19. The van der Waals surface area contributed by atoms with E-state index in [4.69, 9.17) is 10.5 Å². The number of hydrogen-bond donors (Lipinski definition) is 3. The van der Waals surface area contributed by atoms with Gasteiger partial charge in [0.15, 0.2) is 17.2 Å². The smallest absolute Gasteiger partial charge is 0.294 e. The fraction of sp³-hybridized carbons (Fsp3) is 0.0588. The van der Waals surface area contributed by atoms with Crippen LogP contribution in [0, 0.1) is 0 Å². The van der Waals surface area contributed by atoms with Crippen molar-refractivity contribution in [1.82, 2.24) is 30.7 Å². The zero-order chi connectivity index (χ0) is 21.1. The Morgan fingerprint density at radius 3 is 2.93 bits per heavy atom. The van der Waals surface area contributed by atoms with Gasteiger partial charge in [-0.25, -0.2) is 10.1 Å². The maximum Gasteiger partial charge on any atom is 0.294 e. The predicted molar refractivity (Wildman–Crippen MR) is 107 cm³/mol. The molecule has 1 aromatic carbocycles. The summed E-state index contributed by atoms with van der Waals surface area (Å²) < 4.78 is 10.9. The Kier molecular flexibility index (Phi) is 5.09. The summed E-state index contributed by atoms with van der Waals surface area (Å²) in [6.45, 7) is 0. The Hall–Kier alpha value is -4.26. The number of benzene rings is 1. The molecule has 3 heterocycles. The van der Waals surface area contributed by atoms with Crippen LogP contribution >= 0.6 is 11.3 Å². The van der Waals surface area contributed by atoms with Crippen LogP contribution in [0.5, 0.6) is 11.5 Å². The number of aromatic hydroxyl groups is 1. The summed E-state index contributed by atoms with van der Waals surface area (Å²) in [6.07, 6.45) is 1.37. The number of aromatic nitrogens is 5. The number of methoxy groups -OCH3 is 1. The molecular formula is C17H14N8O4S. The fourth-order valence-corrected chi connectivity index (χ4v) is 3.32. The first-order valence-electron chi connectivity index (χ1n) is 8.37. The van der Waals surface area contributed by atoms with Gasteiger partial charge in [0.1, 0.15) is 5.69 Å². The van der Waals surface area contributed by atoms with Crippen molar-refractivity contribution in [1.29, 1.82) is 0 Å². The van der Waals surface area contributed by atoms with Gasteiger partial charge < -0.3 is 15.6 Å². The van der Waals surface area contributed by atoms with Gasteiger partial charge in [-0.15, -0.1) is 16.4 Å². The van der Waals surface area contributed by atoms with Crippen molar-refractivity contribution < 1.29 is 19.3 Å². The molecule has 152 valence electrons. The number of ether oxygens (including phenoxy) is 1. The molecule has 0 fully saturated rings. The standard InChI is InChI=1S/C17H14N8O4S/c1-28-11-5-4-9(7-10(11)26)8-19-21-17(27)13-14(12-3-2-6-30-12)25(24-20-13)16-15(18)22-29-23-16/h2-8,26H,1H3,(H2,18,22)(H,21,27)/b19-8-. The molecule has 0 aliphatic carbocycles. The Labute approximate surface area is 172 Å². The van der Waals surface area contributed by atoms with Crippen LogP contribution in [0.25, 0.3) is 16.4 Å². The minimum absolute atomic E-state index is 0.00185. The summed E-state index contributed by atoms with van der Waals surface area (Å²) >= 11 is 1.38. The average molecular weight is 426 g/mol. The van der Waals surface area contributed by atoms with Gasteiger partial charge >= 0.3 is 0 Å². The zero-order valence-electron chi connectivity index (χ0n) is 15.4. The fourth-order valence-electron chi connectivity index (χ4n) is 2.56. The highest BCUT2D eigenvalue weighted by Crippen LogP contribution is 2.30. The van der Waals surface area contributed by atoms with Crippen LogP contribution in [-0.2, 0) is 0 Å². The van der Waals surface area contributed by atoms with E-state index in [1.165, 1.54) is 35.4 Å². The second-order valence-corrected chi connectivity index (χ2v) is 6.73. The number of thiophene rings is 1. The monoisotopic (exact) mass is 426 g/mol. The lowest BCUT2D eigenvalue weighted by Gasteiger charge is -2.04. The lowest BCUT2D eigenvalue weighted by molar-refractivity contribution is 0.0951. The van der Waals surface area contributed by atoms with Crippen molar-refractivity contribution >= 4 is 29.3 Å². The number of hydrogen-bond acceptors (Lipinski definition) is 11. The maximum absolute atomic E-state index is 12.7. The molecule has 3 aromatic heterocycles. The van der Waals surface area contributed by atoms with Gasteiger partial charge in [-0.3, -0.25) is 4.79 Å². The number of nitrogens with two attached hydrogens (primary N) is 1. The van der Waals surface area contributed by atoms with E-state index in [0.717, 1.165) is 0 Å². The lowest BCUT2D eigenvalue weighted by atomic mass is 10.2. The summed E-state index contributed by atoms with van der Waals surface area (Å²) in [5, 5.41) is 30.7. The average Bonchev–Trinajstić information content (AvgIpc) is 3.48. The number of nitrogens with zero attached hydrogens (tertiary/aromatic N) is 6. The molecule has 0 aliphatic heterocycles. The number of amides is 1. The first-order valence-corrected chi connectivity index (χ1v) is 9.25. The van der Waals surface area contributed by atoms with Gasteiger partial charge in [-0.05, 0) is 45.5 Å². The third-order valence-electron chi connectivity index (χ3n) is 3.92. The van der Waals surface area contributed by atoms with E-state index in [1.54, 1.807) is 18.2 Å². The molecule has 0 saturated heterocycles. The van der Waals surface area contributed by atoms with E-state index >= 15 is 0 Å². The van der Waals surface area contributed by atoms with E-state index in [2.05, 4.69) is 35.8 Å². The van der Waals surface area contributed by atoms with Crippen LogP contribution in [0.4, 0.5) is 5.82 Å². The molecule has 4 aromatic rings. The zero-order valence-corrected chi connectivity index (χ0v) is 16.2. The third kappa shape index (κ3) is 3.56. The van der Waals surface area contributed by atoms with Crippen molar-refractivity contribution in [3.05, 3.63) is 47.0 Å². The van der Waals surface area contributed by atoms with E-state index in [9.17, 15) is 9.90 Å². The number of rotatable bonds is 6. The Balaban J connectivity index is 1.61. The molecule has 12 nitrogen and oxygen atoms in total. The molecule has 4 rings (SSSR count). The third-order valence-corrected chi connectivity index (χ3v) is 4.80. The molecule has 4 N–H and O–H groups in total. The van der Waals surface area contributed by atoms with Crippen LogP contribution in [0.1, 0.15) is 16.1 Å². The maximum atomic E-state index is 12.7. The number of phenols is 1. The molecule has 30 heavy (non-hydrogen) atoms. The molecule has 0 aliphatic rings. The summed E-state index contributed by atoms with van der Waals surface area (Å²) in [5.41, 5.74) is 9.06. The highest BCUT2D eigenvalue weighted by molar-refractivity contribution is 7.13. The van der Waals surface area contributed by atoms with E-state index in [0.29, 0.717) is 21.9 Å². The predicted octanol–water partition coefficient (Wildman–Crippen LogP) is 1.44. The van der Waals surface area contributed by atoms with Gasteiger partial charge in [0.25, 0.3) is 5.91 Å². The molecule has 0 saturated carbocycles. The minimum Gasteiger partial charge on any atom is -0.504 e. The summed E-state index contributed by atoms with van der Waals surface area (Å²) in [6, 6.07) is 8.31. The van der Waals surface area contributed by atoms with Crippen LogP contribution in [0.2, 0.25) is 0 Å². The number of anilines is 1. The van der Waals surface area contributed by atoms with Crippen LogP contribution in [0.3, 0.4) is 0 Å². The van der Waals surface area contributed by atoms with E-state index in [-0.39, 0.29) is 23.1 Å². The Morgan fingerprint density at radius 2 is 2.27 bits per heavy atom. The van der Waals surface area contributed by atoms with E-state index in [1.807, 2.05) is 11.4 Å². The molecular weight excluding hydrogens is 412 g/mol. The largest absolute Gasteiger partial charge is 0.504 e. The van der Waals surface area contributed by atoms with Crippen molar-refractivity contribution in [3.8, 4) is 27.9 Å². The Bertz CT molecular complexity index is 1210. The quantitative estimate of drug-likeness (QED) is 0.305. The molecule has 0 unspecified atom stereocenters. The van der Waals surface area contributed by atoms with Crippen molar-refractivity contribution in [2.75, 3.05) is 12.8 Å². The van der Waals surface area contributed by atoms with E-state index < -0.39 is 5.91 Å². The summed E-state index contributed by atoms with van der Waals surface area (Å²) in [5.74, 6) is -0.206. The number of nitrogens with one attached hydrogen (secondary N) is 1. The molecule has 13 heteroatoms. The van der Waals surface area contributed by atoms with Crippen molar-refractivity contribution in [2.45, 2.75) is 0 Å². The first kappa shape index (κ1) is 19.1. The molecule has 0 radical (unpaired) electrons. The number of hydrazone groups is 1. The molecule has 0 bridgehead atoms. The van der Waals surface area contributed by atoms with Crippen LogP contribution in [-0.4, -0.2) is 49.6 Å². The highest BCUT2D eigenvalue weighted by atomic mass is 32.1. The molecule has 0 atom stereocenters. The summed E-state index contributed by atoms with van der Waals surface area (Å²) in [4.78, 5) is 13.4. The second kappa shape index (κ2) is 8.00. The number of carbonyl (C=O) groups excluding carboxylic acids is 1. The molecule has 0 spiro atoms. The second-order valence-electron chi connectivity index (χ2n) is 5.78. The minimum atomic E-state index is -0.603. The SMILES string of the molecule is COc1ccc(/C=N\NC(=O)c2nnn(-c3nonc3N)c2-c2cccs2)cc1O. The van der Waals surface area contributed by atoms with Crippen LogP contribution in [0.15, 0.2) is 45.4 Å². The number of nitrogen functional groups attached to an aromatic ring is 1. The normalized spacial score (nSPS) is 11.1. The summed E-state index contributed by atoms with van der Waals surface area (Å²) in [7, 11) is 1.45. The van der Waals surface area contributed by atoms with Gasteiger partial charge in [0.2, 0.25) is 11.6 Å². The number of carbonyl (C=O) groups is 1. The highest BCUT2D eigenvalue weighted by Gasteiger charge is 2.25. The van der Waals surface area contributed by atoms with Gasteiger partial charge in [-0.1, -0.05) is 11.3 Å². The topological polar surface area (TPSA) is 167 Å².